The van der Waals surface area contributed by atoms with E-state index in [1.54, 1.807) is 0 Å². The number of nitrogens with zero attached hydrogens (tertiary/aromatic N) is 3. The van der Waals surface area contributed by atoms with E-state index >= 15 is 0 Å². The summed E-state index contributed by atoms with van der Waals surface area (Å²) in [7, 11) is 0. The van der Waals surface area contributed by atoms with Gasteiger partial charge in [0.15, 0.2) is 0 Å². The molecule has 0 atom stereocenters. The molecule has 0 saturated heterocycles. The second kappa shape index (κ2) is 131. The Bertz CT molecular complexity index is 1720. The summed E-state index contributed by atoms with van der Waals surface area (Å²) in [5, 5.41) is 0. The van der Waals surface area contributed by atoms with Gasteiger partial charge in [-0.15, -0.1) is 0 Å². The van der Waals surface area contributed by atoms with Crippen molar-refractivity contribution in [3.8, 4) is 0 Å². The average molecular weight is 2020 g/mol. The molecule has 0 fully saturated rings. The van der Waals surface area contributed by atoms with E-state index in [0.29, 0.717) is 13.0 Å². The topological polar surface area (TPSA) is 9.72 Å². The fraction of sp³-hybridized carbons (Fsp3) is 0.976. The molecule has 797 valence electrons. The normalized spacial score (nSPS) is 11.3. The summed E-state index contributed by atoms with van der Waals surface area (Å²) in [6.07, 6.45) is 154. The van der Waals surface area contributed by atoms with Crippen molar-refractivity contribution in [3.05, 3.63) is 0 Å². The third kappa shape index (κ3) is 129. The van der Waals surface area contributed by atoms with E-state index in [2.05, 4.69) is 56.2 Å². The predicted molar refractivity (Wildman–Crippen MR) is 627 cm³/mol. The first-order chi connectivity index (χ1) is 65.2. The van der Waals surface area contributed by atoms with Gasteiger partial charge in [0.1, 0.15) is 0 Å². The van der Waals surface area contributed by atoms with Crippen molar-refractivity contribution in [2.75, 3.05) is 39.3 Å². The van der Waals surface area contributed by atoms with E-state index in [-0.39, 0.29) is 17.1 Å². The molecule has 0 aromatic carbocycles. The number of hydrogen-bond donors (Lipinski definition) is 0. The first-order valence-electron chi connectivity index (χ1n) is 62.0. The van der Waals surface area contributed by atoms with Crippen molar-refractivity contribution in [3.63, 3.8) is 0 Å². The zero-order valence-electron chi connectivity index (χ0n) is 92.3. The summed E-state index contributed by atoms with van der Waals surface area (Å²) in [6.45, 7) is 20.3. The average Bonchev–Trinajstić information content (AvgIpc) is 0.975. The van der Waals surface area contributed by atoms with Crippen molar-refractivity contribution in [1.29, 1.82) is 0 Å². The van der Waals surface area contributed by atoms with Crippen LogP contribution < -0.4 is 0 Å². The summed E-state index contributed by atoms with van der Waals surface area (Å²) in [5.74, 6) is 0. The molecule has 0 heterocycles. The van der Waals surface area contributed by atoms with Crippen molar-refractivity contribution >= 4 is 87.5 Å². The molecule has 0 aliphatic carbocycles. The van der Waals surface area contributed by atoms with Gasteiger partial charge in [-0.1, -0.05) is 709 Å². The van der Waals surface area contributed by atoms with Crippen LogP contribution in [0.4, 0.5) is 0 Å². The van der Waals surface area contributed by atoms with Crippen LogP contribution in [0.25, 0.3) is 0 Å². The van der Waals surface area contributed by atoms with Crippen LogP contribution in [0.1, 0.15) is 735 Å². The Morgan fingerprint density at radius 3 is 0.218 bits per heavy atom. The Balaban J connectivity index is -0.000000935. The Kier molecular flexibility index (Phi) is 138. The molecule has 0 bridgehead atoms. The van der Waals surface area contributed by atoms with Crippen LogP contribution >= 0.6 is 36.7 Å². The number of unbranched alkanes of at least 4 members (excludes halogenated alkanes) is 102. The molecule has 0 aromatic rings. The molecule has 0 rings (SSSR count). The summed E-state index contributed by atoms with van der Waals surface area (Å²) in [6, 6.07) is 0. The Morgan fingerprint density at radius 2 is 0.165 bits per heavy atom. The summed E-state index contributed by atoms with van der Waals surface area (Å²) >= 11 is 32.4. The van der Waals surface area contributed by atoms with Gasteiger partial charge in [0.2, 0.25) is 0 Å². The van der Waals surface area contributed by atoms with Crippen LogP contribution in [0.15, 0.2) is 0 Å². The van der Waals surface area contributed by atoms with Crippen LogP contribution in [-0.4, -0.2) is 66.9 Å². The van der Waals surface area contributed by atoms with Gasteiger partial charge < -0.3 is 89.2 Å². The molecule has 1 radical (unpaired) electrons. The zero-order chi connectivity index (χ0) is 96.1. The van der Waals surface area contributed by atoms with E-state index in [0.717, 1.165) is 39.3 Å². The van der Waals surface area contributed by atoms with Gasteiger partial charge >= 0.3 is 17.1 Å². The minimum absolute atomic E-state index is 0. The van der Waals surface area contributed by atoms with E-state index in [1.807, 2.05) is 0 Å². The smallest absolute Gasteiger partial charge is 0.411 e. The van der Waals surface area contributed by atoms with Crippen LogP contribution in [0.5, 0.6) is 0 Å². The Morgan fingerprint density at radius 1 is 0.113 bits per heavy atom. The molecule has 0 spiro atoms. The van der Waals surface area contributed by atoms with Crippen molar-refractivity contribution < 1.29 is 17.1 Å². The number of thiocarbonyl (C=S) groups is 3. The second-order valence-electron chi connectivity index (χ2n) is 42.8. The van der Waals surface area contributed by atoms with Gasteiger partial charge in [0.05, 0.1) is 0 Å². The summed E-state index contributed by atoms with van der Waals surface area (Å²) in [4.78, 5) is 6.93. The molecule has 0 amide bonds. The van der Waals surface area contributed by atoms with Crippen molar-refractivity contribution in [2.45, 2.75) is 735 Å². The quantitative estimate of drug-likeness (QED) is 0.0253. The van der Waals surface area contributed by atoms with E-state index in [4.69, 9.17) is 74.5 Å². The van der Waals surface area contributed by atoms with Gasteiger partial charge in [-0.3, -0.25) is 0 Å². The zero-order valence-corrected chi connectivity index (χ0v) is 98.3. The molecule has 0 aliphatic rings. The van der Waals surface area contributed by atoms with Gasteiger partial charge in [-0.2, -0.15) is 0 Å². The molecule has 0 saturated carbocycles. The third-order valence-corrected chi connectivity index (χ3v) is 31.0. The van der Waals surface area contributed by atoms with Crippen LogP contribution in [-0.2, 0) is 55.0 Å². The standard InChI is InChI=1S/3C41H83NS2.Fe/c3*1-3-5-7-9-11-13-15-17-19-21-23-25-27-29-31-33-35-37-39-42(41(43)44)40-38-36-34-32-30-28-26-24-22-20-18-16-14-12-10-8-6-4-2;/h3*3-40H2,1-2H3,(H,43,44);/q;;;+3/p-3. The predicted octanol–water partition coefficient (Wildman–Crippen LogP) is 45.6. The maximum Gasteiger partial charge on any atom is 3.00 e. The van der Waals surface area contributed by atoms with E-state index in [1.165, 1.54) is 693 Å². The van der Waals surface area contributed by atoms with Gasteiger partial charge in [0, 0.05) is 39.3 Å². The molecule has 133 heavy (non-hydrogen) atoms. The molecule has 0 aliphatic heterocycles. The minimum atomic E-state index is 0. The number of hydrogen-bond acceptors (Lipinski definition) is 6. The van der Waals surface area contributed by atoms with Gasteiger partial charge in [-0.05, 0) is 38.5 Å². The summed E-state index contributed by atoms with van der Waals surface area (Å²) in [5.41, 5.74) is 0. The molecule has 10 heteroatoms. The number of rotatable bonds is 114. The first kappa shape index (κ1) is 140. The monoisotopic (exact) mass is 2010 g/mol. The first-order valence-corrected chi connectivity index (χ1v) is 64.5. The Labute approximate surface area is 886 Å². The van der Waals surface area contributed by atoms with E-state index in [9.17, 15) is 0 Å². The molecule has 0 aromatic heterocycles. The maximum absolute atomic E-state index is 5.40. The van der Waals surface area contributed by atoms with Gasteiger partial charge in [-0.25, -0.2) is 0 Å². The molecule has 0 N–H and O–H groups in total. The SMILES string of the molecule is CCCCCCCCCCCCCCCCCCCCN(CCCCCCCCCCCCCCCCCCCC)C(=S)[S-].CCCCCCCCCCCCCCCCCCCCN(CCCCCCCCCCCCCCCCCCCC)C(=S)[S-].CCCCCCCCCCCCCCCCCCCCN(CCCCCCCCCCCCCCCCCCCC)C(=S)[S-].[Fe+3]. The second-order valence-corrected chi connectivity index (χ2v) is 45.9. The molecular formula is C123H246FeN3S6. The Hall–Kier alpha value is 0.849. The van der Waals surface area contributed by atoms with Crippen LogP contribution in [0, 0.1) is 0 Å². The molecule has 0 unspecified atom stereocenters. The van der Waals surface area contributed by atoms with Crippen LogP contribution in [0.2, 0.25) is 0 Å². The van der Waals surface area contributed by atoms with E-state index < -0.39 is 0 Å². The molecule has 3 nitrogen and oxygen atoms in total. The fourth-order valence-electron chi connectivity index (χ4n) is 20.1. The van der Waals surface area contributed by atoms with Crippen molar-refractivity contribution in [2.24, 2.45) is 0 Å². The minimum Gasteiger partial charge on any atom is -0.411 e. The maximum atomic E-state index is 5.40. The van der Waals surface area contributed by atoms with Gasteiger partial charge in [0.25, 0.3) is 0 Å². The largest absolute Gasteiger partial charge is 3.00 e. The van der Waals surface area contributed by atoms with Crippen LogP contribution in [0.3, 0.4) is 0 Å². The molecular weight excluding hydrogens is 1770 g/mol. The van der Waals surface area contributed by atoms with Crippen molar-refractivity contribution in [1.82, 2.24) is 14.7 Å². The third-order valence-electron chi connectivity index (χ3n) is 29.5. The summed E-state index contributed by atoms with van der Waals surface area (Å²) < 4.78 is 2.09. The fourth-order valence-corrected chi connectivity index (χ4v) is 21.2.